The first-order valence-corrected chi connectivity index (χ1v) is 6.78. The predicted molar refractivity (Wildman–Crippen MR) is 72.3 cm³/mol. The third-order valence-corrected chi connectivity index (χ3v) is 4.50. The predicted octanol–water partition coefficient (Wildman–Crippen LogP) is 4.07. The Kier molecular flexibility index (Phi) is 2.90. The number of halogens is 2. The van der Waals surface area contributed by atoms with Gasteiger partial charge in [0.15, 0.2) is 0 Å². The van der Waals surface area contributed by atoms with Gasteiger partial charge in [0.1, 0.15) is 5.82 Å². The maximum atomic E-state index is 13.3. The van der Waals surface area contributed by atoms with E-state index in [4.69, 9.17) is 11.6 Å². The van der Waals surface area contributed by atoms with Crippen LogP contribution in [0.4, 0.5) is 4.39 Å². The van der Waals surface area contributed by atoms with E-state index in [0.29, 0.717) is 0 Å². The molecule has 88 valence electrons. The second-order valence-corrected chi connectivity index (χ2v) is 5.34. The molecule has 0 saturated heterocycles. The smallest absolute Gasteiger partial charge is 0.143 e. The van der Waals surface area contributed by atoms with Crippen molar-refractivity contribution in [1.29, 1.82) is 0 Å². The molecular weight excluding hydrogens is 257 g/mol. The van der Waals surface area contributed by atoms with Gasteiger partial charge in [-0.05, 0) is 41.6 Å². The van der Waals surface area contributed by atoms with Crippen LogP contribution in [0, 0.1) is 5.82 Å². The van der Waals surface area contributed by atoms with Gasteiger partial charge in [0, 0.05) is 11.9 Å². The highest BCUT2D eigenvalue weighted by Gasteiger charge is 2.14. The summed E-state index contributed by atoms with van der Waals surface area (Å²) in [5.41, 5.74) is 2.46. The van der Waals surface area contributed by atoms with Crippen LogP contribution < -0.4 is 5.32 Å². The van der Waals surface area contributed by atoms with Crippen LogP contribution in [0.2, 0.25) is 5.02 Å². The molecule has 1 aromatic heterocycles. The number of benzene rings is 1. The van der Waals surface area contributed by atoms with Gasteiger partial charge in [-0.25, -0.2) is 4.39 Å². The van der Waals surface area contributed by atoms with Gasteiger partial charge in [0.25, 0.3) is 0 Å². The third kappa shape index (κ3) is 1.88. The van der Waals surface area contributed by atoms with Crippen molar-refractivity contribution < 1.29 is 4.39 Å². The lowest BCUT2D eigenvalue weighted by Crippen LogP contribution is -2.21. The zero-order valence-corrected chi connectivity index (χ0v) is 10.7. The molecule has 1 aliphatic heterocycles. The highest BCUT2D eigenvalue weighted by molar-refractivity contribution is 7.18. The number of thiophene rings is 1. The van der Waals surface area contributed by atoms with Crippen LogP contribution in [0.3, 0.4) is 0 Å². The topological polar surface area (TPSA) is 12.0 Å². The van der Waals surface area contributed by atoms with E-state index in [-0.39, 0.29) is 10.8 Å². The average molecular weight is 268 g/mol. The highest BCUT2D eigenvalue weighted by Crippen LogP contribution is 2.37. The maximum absolute atomic E-state index is 13.3. The monoisotopic (exact) mass is 267 g/mol. The van der Waals surface area contributed by atoms with E-state index in [1.54, 1.807) is 0 Å². The lowest BCUT2D eigenvalue weighted by atomic mass is 10.0. The van der Waals surface area contributed by atoms with Crippen molar-refractivity contribution in [3.63, 3.8) is 0 Å². The van der Waals surface area contributed by atoms with E-state index in [9.17, 15) is 4.39 Å². The molecule has 0 fully saturated rings. The van der Waals surface area contributed by atoms with Crippen LogP contribution in [0.1, 0.15) is 12.0 Å². The molecule has 2 heterocycles. The molecule has 17 heavy (non-hydrogen) atoms. The molecule has 4 heteroatoms. The molecule has 3 rings (SSSR count). The summed E-state index contributed by atoms with van der Waals surface area (Å²) < 4.78 is 14.2. The number of nitrogens with one attached hydrogen (secondary N) is 1. The van der Waals surface area contributed by atoms with Crippen molar-refractivity contribution in [2.24, 2.45) is 0 Å². The molecule has 0 amide bonds. The lowest BCUT2D eigenvalue weighted by Gasteiger charge is -2.13. The van der Waals surface area contributed by atoms with Crippen LogP contribution >= 0.6 is 22.9 Å². The minimum Gasteiger partial charge on any atom is -0.312 e. The minimum atomic E-state index is -0.344. The summed E-state index contributed by atoms with van der Waals surface area (Å²) in [5, 5.41) is 6.70. The van der Waals surface area contributed by atoms with E-state index in [1.807, 2.05) is 6.07 Å². The van der Waals surface area contributed by atoms with Gasteiger partial charge in [-0.2, -0.15) is 0 Å². The van der Waals surface area contributed by atoms with Crippen molar-refractivity contribution in [2.45, 2.75) is 6.42 Å². The van der Waals surface area contributed by atoms with Gasteiger partial charge in [-0.15, -0.1) is 11.3 Å². The Morgan fingerprint density at radius 2 is 2.24 bits per heavy atom. The van der Waals surface area contributed by atoms with Gasteiger partial charge in [-0.3, -0.25) is 0 Å². The molecule has 0 bridgehead atoms. The average Bonchev–Trinajstić information content (AvgIpc) is 2.79. The van der Waals surface area contributed by atoms with Gasteiger partial charge in [-0.1, -0.05) is 17.7 Å². The summed E-state index contributed by atoms with van der Waals surface area (Å²) in [7, 11) is 0. The number of hydrogen-bond donors (Lipinski definition) is 1. The van der Waals surface area contributed by atoms with E-state index in [1.165, 1.54) is 28.5 Å². The Balaban J connectivity index is 2.18. The van der Waals surface area contributed by atoms with Crippen molar-refractivity contribution >= 4 is 38.6 Å². The highest BCUT2D eigenvalue weighted by atomic mass is 35.5. The van der Waals surface area contributed by atoms with Gasteiger partial charge < -0.3 is 5.32 Å². The van der Waals surface area contributed by atoms with Gasteiger partial charge in [0.05, 0.1) is 9.72 Å². The molecule has 1 nitrogen and oxygen atoms in total. The molecule has 1 aromatic carbocycles. The first-order chi connectivity index (χ1) is 8.27. The van der Waals surface area contributed by atoms with Gasteiger partial charge in [0.2, 0.25) is 0 Å². The molecule has 2 aromatic rings. The standard InChI is InChI=1S/C13H11ClFNS/c14-12-11(15)4-3-9-10(7-17-13(9)12)8-2-1-5-16-6-8/h2-4,7,16H,1,5-6H2. The Hall–Kier alpha value is -0.900. The van der Waals surface area contributed by atoms with Crippen molar-refractivity contribution in [2.75, 3.05) is 13.1 Å². The Labute approximate surface area is 108 Å². The Bertz CT molecular complexity index is 603. The molecule has 0 aliphatic carbocycles. The fourth-order valence-electron chi connectivity index (χ4n) is 2.14. The maximum Gasteiger partial charge on any atom is 0.143 e. The summed E-state index contributed by atoms with van der Waals surface area (Å²) in [6.07, 6.45) is 3.29. The van der Waals surface area contributed by atoms with Crippen molar-refractivity contribution in [1.82, 2.24) is 5.32 Å². The van der Waals surface area contributed by atoms with E-state index >= 15 is 0 Å². The van der Waals surface area contributed by atoms with E-state index < -0.39 is 0 Å². The molecule has 0 unspecified atom stereocenters. The van der Waals surface area contributed by atoms with Crippen LogP contribution in [0.25, 0.3) is 15.7 Å². The first-order valence-electron chi connectivity index (χ1n) is 5.52. The van der Waals surface area contributed by atoms with E-state index in [2.05, 4.69) is 16.8 Å². The summed E-state index contributed by atoms with van der Waals surface area (Å²) in [5.74, 6) is -0.344. The van der Waals surface area contributed by atoms with E-state index in [0.717, 1.165) is 29.6 Å². The fraction of sp³-hybridized carbons (Fsp3) is 0.231. The molecule has 1 aliphatic rings. The fourth-order valence-corrected chi connectivity index (χ4v) is 3.46. The molecule has 0 spiro atoms. The second-order valence-electron chi connectivity index (χ2n) is 4.08. The number of hydrogen-bond acceptors (Lipinski definition) is 2. The van der Waals surface area contributed by atoms with Crippen LogP contribution in [-0.2, 0) is 0 Å². The van der Waals surface area contributed by atoms with Crippen molar-refractivity contribution in [3.8, 4) is 0 Å². The molecule has 0 atom stereocenters. The van der Waals surface area contributed by atoms with Gasteiger partial charge >= 0.3 is 0 Å². The normalized spacial score (nSPS) is 16.2. The first kappa shape index (κ1) is 11.2. The second kappa shape index (κ2) is 4.41. The zero-order chi connectivity index (χ0) is 11.8. The molecule has 1 N–H and O–H groups in total. The Morgan fingerprint density at radius 1 is 1.35 bits per heavy atom. The lowest BCUT2D eigenvalue weighted by molar-refractivity contribution is 0.630. The number of rotatable bonds is 1. The van der Waals surface area contributed by atoms with Crippen LogP contribution in [0.5, 0.6) is 0 Å². The third-order valence-electron chi connectivity index (χ3n) is 3.01. The summed E-state index contributed by atoms with van der Waals surface area (Å²) in [4.78, 5) is 0. The summed E-state index contributed by atoms with van der Waals surface area (Å²) >= 11 is 7.49. The molecule has 0 radical (unpaired) electrons. The summed E-state index contributed by atoms with van der Waals surface area (Å²) in [6, 6.07) is 3.26. The minimum absolute atomic E-state index is 0.239. The number of fused-ring (bicyclic) bond motifs is 1. The zero-order valence-electron chi connectivity index (χ0n) is 9.09. The largest absolute Gasteiger partial charge is 0.312 e. The SMILES string of the molecule is Fc1ccc2c(C3=CCCNC3)csc2c1Cl. The van der Waals surface area contributed by atoms with Crippen LogP contribution in [-0.4, -0.2) is 13.1 Å². The van der Waals surface area contributed by atoms with Crippen molar-refractivity contribution in [3.05, 3.63) is 40.0 Å². The quantitative estimate of drug-likeness (QED) is 0.821. The Morgan fingerprint density at radius 3 is 3.00 bits per heavy atom. The molecular formula is C13H11ClFNS. The summed E-state index contributed by atoms with van der Waals surface area (Å²) in [6.45, 7) is 1.90. The molecule has 0 saturated carbocycles. The van der Waals surface area contributed by atoms with Crippen LogP contribution in [0.15, 0.2) is 23.6 Å².